The maximum atomic E-state index is 11.8. The zero-order valence-electron chi connectivity index (χ0n) is 10.1. The molecule has 19 heavy (non-hydrogen) atoms. The average molecular weight is 292 g/mol. The monoisotopic (exact) mass is 292 g/mol. The molecule has 1 fully saturated rings. The second-order valence-electron chi connectivity index (χ2n) is 4.13. The molecular weight excluding hydrogens is 280 g/mol. The molecule has 1 aliphatic heterocycles. The van der Waals surface area contributed by atoms with Gasteiger partial charge in [0.2, 0.25) is 5.91 Å². The van der Waals surface area contributed by atoms with Crippen LogP contribution in [0.3, 0.4) is 0 Å². The number of hydrogen-bond donors (Lipinski definition) is 0. The van der Waals surface area contributed by atoms with E-state index in [9.17, 15) is 4.79 Å². The quantitative estimate of drug-likeness (QED) is 0.813. The van der Waals surface area contributed by atoms with Gasteiger partial charge >= 0.3 is 0 Å². The minimum Gasteiger partial charge on any atom is -0.463 e. The Labute approximate surface area is 119 Å². The Bertz CT molecular complexity index is 557. The number of amides is 1. The summed E-state index contributed by atoms with van der Waals surface area (Å²) in [6, 6.07) is 3.95. The van der Waals surface area contributed by atoms with E-state index in [-0.39, 0.29) is 12.0 Å². The average Bonchev–Trinajstić information content (AvgIpc) is 3.03. The zero-order chi connectivity index (χ0) is 13.1. The van der Waals surface area contributed by atoms with Crippen LogP contribution in [0.15, 0.2) is 35.2 Å². The van der Waals surface area contributed by atoms with Gasteiger partial charge in [-0.25, -0.2) is 4.98 Å². The molecule has 1 saturated heterocycles. The maximum absolute atomic E-state index is 11.8. The van der Waals surface area contributed by atoms with Crippen LogP contribution < -0.4 is 4.74 Å². The van der Waals surface area contributed by atoms with Crippen LogP contribution in [0.25, 0.3) is 6.08 Å². The van der Waals surface area contributed by atoms with E-state index >= 15 is 0 Å². The summed E-state index contributed by atoms with van der Waals surface area (Å²) in [4.78, 5) is 18.8. The van der Waals surface area contributed by atoms with E-state index in [1.54, 1.807) is 28.5 Å². The Hall–Kier alpha value is -1.66. The van der Waals surface area contributed by atoms with Gasteiger partial charge in [0.25, 0.3) is 5.19 Å². The summed E-state index contributed by atoms with van der Waals surface area (Å²) in [7, 11) is 0. The van der Waals surface area contributed by atoms with Crippen LogP contribution in [0.4, 0.5) is 0 Å². The number of carbonyl (C=O) groups is 1. The van der Waals surface area contributed by atoms with E-state index < -0.39 is 0 Å². The lowest BCUT2D eigenvalue weighted by Crippen LogP contribution is -2.55. The van der Waals surface area contributed by atoms with Crippen molar-refractivity contribution in [3.8, 4) is 5.19 Å². The molecule has 2 aromatic heterocycles. The van der Waals surface area contributed by atoms with E-state index in [0.29, 0.717) is 18.3 Å². The molecule has 1 aliphatic rings. The number of thiophene rings is 1. The van der Waals surface area contributed by atoms with Crippen molar-refractivity contribution in [2.24, 2.45) is 0 Å². The van der Waals surface area contributed by atoms with Gasteiger partial charge in [0, 0.05) is 22.5 Å². The number of likely N-dealkylation sites (tertiary alicyclic amines) is 1. The maximum Gasteiger partial charge on any atom is 0.273 e. The number of thiazole rings is 1. The first kappa shape index (κ1) is 12.4. The molecule has 4 nitrogen and oxygen atoms in total. The summed E-state index contributed by atoms with van der Waals surface area (Å²) >= 11 is 3.09. The SMILES string of the molecule is O=C(C=Cc1cccs1)N1CC(Oc2nccs2)C1. The number of ether oxygens (including phenoxy) is 1. The van der Waals surface area contributed by atoms with Gasteiger partial charge in [-0.1, -0.05) is 17.4 Å². The predicted octanol–water partition coefficient (Wildman–Crippen LogP) is 2.51. The first-order valence-electron chi connectivity index (χ1n) is 5.88. The van der Waals surface area contributed by atoms with Crippen molar-refractivity contribution in [1.29, 1.82) is 0 Å². The van der Waals surface area contributed by atoms with E-state index in [1.165, 1.54) is 11.3 Å². The molecule has 3 rings (SSSR count). The highest BCUT2D eigenvalue weighted by atomic mass is 32.1. The van der Waals surface area contributed by atoms with Crippen molar-refractivity contribution in [3.63, 3.8) is 0 Å². The summed E-state index contributed by atoms with van der Waals surface area (Å²) in [5.74, 6) is 0.0346. The molecule has 0 radical (unpaired) electrons. The van der Waals surface area contributed by atoms with Crippen LogP contribution in [-0.4, -0.2) is 35.0 Å². The minimum atomic E-state index is 0.0346. The lowest BCUT2D eigenvalue weighted by Gasteiger charge is -2.37. The van der Waals surface area contributed by atoms with Crippen molar-refractivity contribution in [2.75, 3.05) is 13.1 Å². The molecule has 0 unspecified atom stereocenters. The molecule has 0 bridgehead atoms. The van der Waals surface area contributed by atoms with Gasteiger partial charge < -0.3 is 9.64 Å². The highest BCUT2D eigenvalue weighted by molar-refractivity contribution is 7.11. The van der Waals surface area contributed by atoms with Crippen molar-refractivity contribution >= 4 is 34.7 Å². The molecule has 0 spiro atoms. The predicted molar refractivity (Wildman–Crippen MR) is 76.5 cm³/mol. The fraction of sp³-hybridized carbons (Fsp3) is 0.231. The summed E-state index contributed by atoms with van der Waals surface area (Å²) in [5.41, 5.74) is 0. The van der Waals surface area contributed by atoms with Crippen molar-refractivity contribution in [1.82, 2.24) is 9.88 Å². The Morgan fingerprint density at radius 2 is 2.32 bits per heavy atom. The van der Waals surface area contributed by atoms with Crippen LogP contribution in [-0.2, 0) is 4.79 Å². The van der Waals surface area contributed by atoms with Gasteiger partial charge in [-0.05, 0) is 17.5 Å². The number of rotatable bonds is 4. The standard InChI is InChI=1S/C13H12N2O2S2/c16-12(4-3-11-2-1-6-18-11)15-8-10(9-15)17-13-14-5-7-19-13/h1-7,10H,8-9H2. The smallest absolute Gasteiger partial charge is 0.273 e. The first-order chi connectivity index (χ1) is 9.31. The third-order valence-electron chi connectivity index (χ3n) is 2.77. The molecule has 3 heterocycles. The Morgan fingerprint density at radius 3 is 3.00 bits per heavy atom. The Kier molecular flexibility index (Phi) is 3.61. The molecule has 0 saturated carbocycles. The molecule has 0 aromatic carbocycles. The van der Waals surface area contributed by atoms with Crippen LogP contribution >= 0.6 is 22.7 Å². The highest BCUT2D eigenvalue weighted by Crippen LogP contribution is 2.20. The van der Waals surface area contributed by atoms with E-state index in [1.807, 2.05) is 29.0 Å². The molecular formula is C13H12N2O2S2. The van der Waals surface area contributed by atoms with Gasteiger partial charge in [0.1, 0.15) is 6.10 Å². The van der Waals surface area contributed by atoms with E-state index in [0.717, 1.165) is 4.88 Å². The van der Waals surface area contributed by atoms with Crippen molar-refractivity contribution in [3.05, 3.63) is 40.0 Å². The molecule has 1 amide bonds. The normalized spacial score (nSPS) is 15.7. The molecule has 0 atom stereocenters. The Balaban J connectivity index is 1.46. The van der Waals surface area contributed by atoms with Gasteiger partial charge in [0.15, 0.2) is 0 Å². The fourth-order valence-electron chi connectivity index (χ4n) is 1.75. The number of aromatic nitrogens is 1. The van der Waals surface area contributed by atoms with Gasteiger partial charge in [-0.15, -0.1) is 11.3 Å². The van der Waals surface area contributed by atoms with E-state index in [4.69, 9.17) is 4.74 Å². The first-order valence-corrected chi connectivity index (χ1v) is 7.64. The minimum absolute atomic E-state index is 0.0346. The van der Waals surface area contributed by atoms with Crippen LogP contribution in [0.1, 0.15) is 4.88 Å². The fourth-order valence-corrected chi connectivity index (χ4v) is 2.92. The second-order valence-corrected chi connectivity index (χ2v) is 5.97. The summed E-state index contributed by atoms with van der Waals surface area (Å²) in [5, 5.41) is 4.54. The van der Waals surface area contributed by atoms with Crippen LogP contribution in [0, 0.1) is 0 Å². The number of carbonyl (C=O) groups excluding carboxylic acids is 1. The van der Waals surface area contributed by atoms with E-state index in [2.05, 4.69) is 4.98 Å². The Morgan fingerprint density at radius 1 is 1.42 bits per heavy atom. The van der Waals surface area contributed by atoms with Crippen molar-refractivity contribution < 1.29 is 9.53 Å². The molecule has 6 heteroatoms. The largest absolute Gasteiger partial charge is 0.463 e. The van der Waals surface area contributed by atoms with Crippen LogP contribution in [0.2, 0.25) is 0 Å². The molecule has 2 aromatic rings. The second kappa shape index (κ2) is 5.54. The topological polar surface area (TPSA) is 42.4 Å². The number of nitrogens with zero attached hydrogens (tertiary/aromatic N) is 2. The van der Waals surface area contributed by atoms with Gasteiger partial charge in [-0.3, -0.25) is 4.79 Å². The van der Waals surface area contributed by atoms with Gasteiger partial charge in [0.05, 0.1) is 13.1 Å². The molecule has 0 N–H and O–H groups in total. The van der Waals surface area contributed by atoms with Gasteiger partial charge in [-0.2, -0.15) is 0 Å². The lowest BCUT2D eigenvalue weighted by atomic mass is 10.1. The third kappa shape index (κ3) is 3.02. The van der Waals surface area contributed by atoms with Crippen molar-refractivity contribution in [2.45, 2.75) is 6.10 Å². The summed E-state index contributed by atoms with van der Waals surface area (Å²) < 4.78 is 5.61. The summed E-state index contributed by atoms with van der Waals surface area (Å²) in [6.07, 6.45) is 5.25. The molecule has 0 aliphatic carbocycles. The highest BCUT2D eigenvalue weighted by Gasteiger charge is 2.31. The van der Waals surface area contributed by atoms with Crippen LogP contribution in [0.5, 0.6) is 5.19 Å². The number of hydrogen-bond acceptors (Lipinski definition) is 5. The summed E-state index contributed by atoms with van der Waals surface area (Å²) in [6.45, 7) is 1.26. The lowest BCUT2D eigenvalue weighted by molar-refractivity contribution is -0.134. The third-order valence-corrected chi connectivity index (χ3v) is 4.27. The molecule has 98 valence electrons. The zero-order valence-corrected chi connectivity index (χ0v) is 11.7.